The quantitative estimate of drug-likeness (QED) is 0.382. The summed E-state index contributed by atoms with van der Waals surface area (Å²) in [6.45, 7) is 3.59. The molecule has 30 heavy (non-hydrogen) atoms. The highest BCUT2D eigenvalue weighted by Crippen LogP contribution is 2.21. The molecule has 3 rings (SSSR count). The highest BCUT2D eigenvalue weighted by Gasteiger charge is 2.31. The van der Waals surface area contributed by atoms with Crippen LogP contribution in [0.25, 0.3) is 0 Å². The zero-order valence-corrected chi connectivity index (χ0v) is 17.9. The van der Waals surface area contributed by atoms with Gasteiger partial charge in [-0.1, -0.05) is 36.4 Å². The first-order valence-electron chi connectivity index (χ1n) is 10.2. The molecule has 1 atom stereocenters. The summed E-state index contributed by atoms with van der Waals surface area (Å²) in [4.78, 5) is 19.0. The third-order valence-corrected chi connectivity index (χ3v) is 6.64. The van der Waals surface area contributed by atoms with Crippen molar-refractivity contribution in [3.8, 4) is 0 Å². The molecule has 0 aliphatic carbocycles. The van der Waals surface area contributed by atoms with E-state index in [1.165, 1.54) is 0 Å². The third-order valence-electron chi connectivity index (χ3n) is 4.82. The maximum absolute atomic E-state index is 12.4. The second-order valence-corrected chi connectivity index (χ2v) is 9.24. The fourth-order valence-corrected chi connectivity index (χ4v) is 4.68. The zero-order chi connectivity index (χ0) is 21.4. The molecule has 1 heterocycles. The Balaban J connectivity index is 1.54. The van der Waals surface area contributed by atoms with Gasteiger partial charge < -0.3 is 15.5 Å². The summed E-state index contributed by atoms with van der Waals surface area (Å²) in [6.07, 6.45) is 0.815. The summed E-state index contributed by atoms with van der Waals surface area (Å²) in [7, 11) is -3.30. The van der Waals surface area contributed by atoms with Crippen LogP contribution in [-0.2, 0) is 14.6 Å². The number of amides is 1. The molecule has 0 saturated carbocycles. The van der Waals surface area contributed by atoms with E-state index in [1.54, 1.807) is 35.2 Å². The number of nitrogens with zero attached hydrogens (tertiary/aromatic N) is 2. The number of para-hydroxylation sites is 1. The van der Waals surface area contributed by atoms with Crippen LogP contribution in [0, 0.1) is 0 Å². The van der Waals surface area contributed by atoms with E-state index in [4.69, 9.17) is 0 Å². The van der Waals surface area contributed by atoms with Crippen molar-refractivity contribution in [2.75, 3.05) is 30.3 Å². The van der Waals surface area contributed by atoms with E-state index in [1.807, 2.05) is 37.3 Å². The number of benzene rings is 2. The maximum Gasteiger partial charge on any atom is 0.229 e. The molecular weight excluding hydrogens is 400 g/mol. The van der Waals surface area contributed by atoms with Crippen molar-refractivity contribution in [1.29, 1.82) is 0 Å². The summed E-state index contributed by atoms with van der Waals surface area (Å²) in [5.41, 5.74) is 0.889. The van der Waals surface area contributed by atoms with Gasteiger partial charge in [0.1, 0.15) is 0 Å². The average Bonchev–Trinajstić information content (AvgIpc) is 3.12. The van der Waals surface area contributed by atoms with Gasteiger partial charge in [0, 0.05) is 31.7 Å². The molecule has 8 heteroatoms. The molecule has 7 nitrogen and oxygen atoms in total. The highest BCUT2D eigenvalue weighted by molar-refractivity contribution is 7.91. The van der Waals surface area contributed by atoms with Gasteiger partial charge in [0.25, 0.3) is 0 Å². The minimum atomic E-state index is -3.30. The summed E-state index contributed by atoms with van der Waals surface area (Å²) in [5, 5.41) is 6.47. The highest BCUT2D eigenvalue weighted by atomic mass is 32.2. The normalized spacial score (nSPS) is 17.2. The number of anilines is 1. The third kappa shape index (κ3) is 5.82. The van der Waals surface area contributed by atoms with E-state index in [9.17, 15) is 13.2 Å². The summed E-state index contributed by atoms with van der Waals surface area (Å²) < 4.78 is 24.7. The van der Waals surface area contributed by atoms with Crippen molar-refractivity contribution in [3.63, 3.8) is 0 Å². The van der Waals surface area contributed by atoms with Gasteiger partial charge in [-0.25, -0.2) is 8.42 Å². The standard InChI is InChI=1S/C22H28N4O3S/c1-2-23-22(24-14-9-15-30(28,29)20-12-7-4-8-13-20)25-18-16-21(27)26(17-18)19-10-5-3-6-11-19/h3-8,10-13,18H,2,9,14-17H2,1H3,(H2,23,24,25). The van der Waals surface area contributed by atoms with Gasteiger partial charge >= 0.3 is 0 Å². The zero-order valence-electron chi connectivity index (χ0n) is 17.1. The Labute approximate surface area is 178 Å². The van der Waals surface area contributed by atoms with Crippen molar-refractivity contribution in [2.24, 2.45) is 4.99 Å². The van der Waals surface area contributed by atoms with Gasteiger partial charge in [-0.3, -0.25) is 9.79 Å². The van der Waals surface area contributed by atoms with E-state index in [2.05, 4.69) is 15.6 Å². The fourth-order valence-electron chi connectivity index (χ4n) is 3.37. The van der Waals surface area contributed by atoms with Crippen molar-refractivity contribution in [3.05, 3.63) is 60.7 Å². The van der Waals surface area contributed by atoms with Crippen LogP contribution in [0.15, 0.2) is 70.6 Å². The predicted molar refractivity (Wildman–Crippen MR) is 119 cm³/mol. The molecule has 0 spiro atoms. The van der Waals surface area contributed by atoms with Crippen LogP contribution in [0.1, 0.15) is 19.8 Å². The number of sulfone groups is 1. The maximum atomic E-state index is 12.4. The Morgan fingerprint density at radius 2 is 1.77 bits per heavy atom. The molecule has 0 bridgehead atoms. The molecule has 0 aromatic heterocycles. The monoisotopic (exact) mass is 428 g/mol. The molecule has 2 aromatic rings. The number of carbonyl (C=O) groups excluding carboxylic acids is 1. The lowest BCUT2D eigenvalue weighted by Gasteiger charge is -2.19. The van der Waals surface area contributed by atoms with Crippen LogP contribution >= 0.6 is 0 Å². The predicted octanol–water partition coefficient (Wildman–Crippen LogP) is 2.21. The average molecular weight is 429 g/mol. The molecule has 1 unspecified atom stereocenters. The van der Waals surface area contributed by atoms with Gasteiger partial charge in [-0.05, 0) is 37.6 Å². The van der Waals surface area contributed by atoms with Gasteiger partial charge in [0.05, 0.1) is 16.7 Å². The molecular formula is C22H28N4O3S. The summed E-state index contributed by atoms with van der Waals surface area (Å²) in [6, 6.07) is 18.0. The molecule has 1 aliphatic rings. The number of rotatable bonds is 8. The Bertz CT molecular complexity index is 962. The number of aliphatic imine (C=N–C) groups is 1. The summed E-state index contributed by atoms with van der Waals surface area (Å²) in [5.74, 6) is 0.717. The lowest BCUT2D eigenvalue weighted by atomic mass is 10.2. The molecule has 2 N–H and O–H groups in total. The Hall–Kier alpha value is -2.87. The van der Waals surface area contributed by atoms with Crippen molar-refractivity contribution in [1.82, 2.24) is 10.6 Å². The Morgan fingerprint density at radius 3 is 2.43 bits per heavy atom. The van der Waals surface area contributed by atoms with Crippen LogP contribution in [0.2, 0.25) is 0 Å². The van der Waals surface area contributed by atoms with Crippen molar-refractivity contribution < 1.29 is 13.2 Å². The van der Waals surface area contributed by atoms with Gasteiger partial charge in [-0.15, -0.1) is 0 Å². The fraction of sp³-hybridized carbons (Fsp3) is 0.364. The Morgan fingerprint density at radius 1 is 1.10 bits per heavy atom. The SMILES string of the molecule is CCNC(=NCCCS(=O)(=O)c1ccccc1)NC1CC(=O)N(c2ccccc2)C1. The van der Waals surface area contributed by atoms with E-state index >= 15 is 0 Å². The molecule has 1 amide bonds. The molecule has 0 radical (unpaired) electrons. The van der Waals surface area contributed by atoms with Gasteiger partial charge in [0.15, 0.2) is 15.8 Å². The molecule has 2 aromatic carbocycles. The van der Waals surface area contributed by atoms with Crippen LogP contribution in [0.5, 0.6) is 0 Å². The minimum Gasteiger partial charge on any atom is -0.357 e. The number of hydrogen-bond donors (Lipinski definition) is 2. The number of carbonyl (C=O) groups is 1. The molecule has 160 valence electrons. The van der Waals surface area contributed by atoms with Crippen LogP contribution in [0.3, 0.4) is 0 Å². The number of hydrogen-bond acceptors (Lipinski definition) is 4. The molecule has 1 fully saturated rings. The van der Waals surface area contributed by atoms with E-state index in [0.717, 1.165) is 5.69 Å². The first kappa shape index (κ1) is 21.8. The molecule has 1 aliphatic heterocycles. The lowest BCUT2D eigenvalue weighted by Crippen LogP contribution is -2.44. The van der Waals surface area contributed by atoms with Crippen LogP contribution in [0.4, 0.5) is 5.69 Å². The first-order chi connectivity index (χ1) is 14.5. The topological polar surface area (TPSA) is 90.9 Å². The van der Waals surface area contributed by atoms with E-state index < -0.39 is 9.84 Å². The van der Waals surface area contributed by atoms with E-state index in [-0.39, 0.29) is 17.7 Å². The van der Waals surface area contributed by atoms with Crippen LogP contribution < -0.4 is 15.5 Å². The number of nitrogens with one attached hydrogen (secondary N) is 2. The summed E-state index contributed by atoms with van der Waals surface area (Å²) >= 11 is 0. The smallest absolute Gasteiger partial charge is 0.229 e. The van der Waals surface area contributed by atoms with Crippen molar-refractivity contribution >= 4 is 27.4 Å². The number of guanidine groups is 1. The molecule has 1 saturated heterocycles. The van der Waals surface area contributed by atoms with Crippen molar-refractivity contribution in [2.45, 2.75) is 30.7 Å². The lowest BCUT2D eigenvalue weighted by molar-refractivity contribution is -0.117. The second kappa shape index (κ2) is 10.2. The first-order valence-corrected chi connectivity index (χ1v) is 11.8. The second-order valence-electron chi connectivity index (χ2n) is 7.13. The largest absolute Gasteiger partial charge is 0.357 e. The van der Waals surface area contributed by atoms with Gasteiger partial charge in [0.2, 0.25) is 5.91 Å². The minimum absolute atomic E-state index is 0.0453. The van der Waals surface area contributed by atoms with E-state index in [0.29, 0.717) is 43.3 Å². The van der Waals surface area contributed by atoms with Crippen LogP contribution in [-0.4, -0.2) is 51.7 Å². The van der Waals surface area contributed by atoms with Gasteiger partial charge in [-0.2, -0.15) is 0 Å². The Kier molecular flexibility index (Phi) is 7.46.